The SMILES string of the molecule is Cc1cc(=O)c2c(O)cc3c(c2o1)C1CCN(C)C(=O)C1=CO3. The third kappa shape index (κ3) is 1.87. The Morgan fingerprint density at radius 1 is 1.30 bits per heavy atom. The zero-order chi connectivity index (χ0) is 16.3. The Morgan fingerprint density at radius 2 is 2.09 bits per heavy atom. The van der Waals surface area contributed by atoms with E-state index in [9.17, 15) is 14.7 Å². The smallest absolute Gasteiger partial charge is 0.253 e. The Kier molecular flexibility index (Phi) is 2.78. The van der Waals surface area contributed by atoms with E-state index in [0.717, 1.165) is 0 Å². The lowest BCUT2D eigenvalue weighted by atomic mass is 9.82. The number of piperidine rings is 1. The second-order valence-electron chi connectivity index (χ2n) is 5.99. The number of nitrogens with zero attached hydrogens (tertiary/aromatic N) is 1. The second-order valence-corrected chi connectivity index (χ2v) is 5.99. The predicted molar refractivity (Wildman–Crippen MR) is 82.6 cm³/mol. The monoisotopic (exact) mass is 313 g/mol. The average molecular weight is 313 g/mol. The minimum Gasteiger partial charge on any atom is -0.507 e. The van der Waals surface area contributed by atoms with Crippen molar-refractivity contribution in [3.05, 3.63) is 45.5 Å². The van der Waals surface area contributed by atoms with E-state index >= 15 is 0 Å². The zero-order valence-corrected chi connectivity index (χ0v) is 12.8. The van der Waals surface area contributed by atoms with E-state index in [-0.39, 0.29) is 28.4 Å². The molecule has 2 aliphatic heterocycles. The molecule has 2 aliphatic rings. The molecule has 1 aromatic heterocycles. The number of ether oxygens (including phenoxy) is 1. The number of phenols is 1. The number of rotatable bonds is 0. The minimum atomic E-state index is -0.306. The van der Waals surface area contributed by atoms with Crippen LogP contribution >= 0.6 is 0 Å². The maximum Gasteiger partial charge on any atom is 0.253 e. The molecule has 1 aromatic carbocycles. The van der Waals surface area contributed by atoms with Gasteiger partial charge in [-0.15, -0.1) is 0 Å². The van der Waals surface area contributed by atoms with Crippen molar-refractivity contribution in [1.82, 2.24) is 4.90 Å². The molecule has 6 heteroatoms. The van der Waals surface area contributed by atoms with E-state index in [0.29, 0.717) is 41.2 Å². The van der Waals surface area contributed by atoms with Crippen molar-refractivity contribution in [2.75, 3.05) is 13.6 Å². The van der Waals surface area contributed by atoms with Gasteiger partial charge in [-0.05, 0) is 13.3 Å². The normalized spacial score (nSPS) is 19.9. The lowest BCUT2D eigenvalue weighted by Crippen LogP contribution is -2.38. The Hall–Kier alpha value is -2.76. The van der Waals surface area contributed by atoms with E-state index in [1.807, 2.05) is 0 Å². The molecule has 1 atom stereocenters. The van der Waals surface area contributed by atoms with E-state index in [2.05, 4.69) is 0 Å². The number of aryl methyl sites for hydroxylation is 1. The highest BCUT2D eigenvalue weighted by atomic mass is 16.5. The molecule has 0 bridgehead atoms. The number of fused-ring (bicyclic) bond motifs is 5. The van der Waals surface area contributed by atoms with E-state index in [1.54, 1.807) is 18.9 Å². The van der Waals surface area contributed by atoms with E-state index < -0.39 is 0 Å². The summed E-state index contributed by atoms with van der Waals surface area (Å²) in [5, 5.41) is 10.3. The number of carbonyl (C=O) groups is 1. The Morgan fingerprint density at radius 3 is 2.87 bits per heavy atom. The van der Waals surface area contributed by atoms with Crippen LogP contribution < -0.4 is 10.2 Å². The first-order valence-electron chi connectivity index (χ1n) is 7.40. The van der Waals surface area contributed by atoms with Gasteiger partial charge in [0.25, 0.3) is 5.91 Å². The molecule has 23 heavy (non-hydrogen) atoms. The summed E-state index contributed by atoms with van der Waals surface area (Å²) >= 11 is 0. The molecule has 0 saturated carbocycles. The van der Waals surface area contributed by atoms with Crippen molar-refractivity contribution in [2.45, 2.75) is 19.3 Å². The molecular weight excluding hydrogens is 298 g/mol. The molecular formula is C17H15NO5. The van der Waals surface area contributed by atoms with Gasteiger partial charge in [-0.3, -0.25) is 9.59 Å². The lowest BCUT2D eigenvalue weighted by molar-refractivity contribution is -0.127. The maximum absolute atomic E-state index is 12.3. The third-order valence-electron chi connectivity index (χ3n) is 4.49. The molecule has 3 heterocycles. The Bertz CT molecular complexity index is 940. The van der Waals surface area contributed by atoms with Crippen LogP contribution in [0.15, 0.2) is 33.2 Å². The van der Waals surface area contributed by atoms with Crippen LogP contribution in [0.4, 0.5) is 0 Å². The summed E-state index contributed by atoms with van der Waals surface area (Å²) in [6.45, 7) is 2.29. The van der Waals surface area contributed by atoms with Crippen LogP contribution in [0.1, 0.15) is 23.7 Å². The fourth-order valence-corrected chi connectivity index (χ4v) is 3.36. The largest absolute Gasteiger partial charge is 0.507 e. The van der Waals surface area contributed by atoms with Gasteiger partial charge in [-0.1, -0.05) is 0 Å². The Balaban J connectivity index is 2.04. The Labute approximate surface area is 131 Å². The van der Waals surface area contributed by atoms with Crippen LogP contribution in [0, 0.1) is 6.92 Å². The van der Waals surface area contributed by atoms with Gasteiger partial charge in [0, 0.05) is 37.2 Å². The molecule has 6 nitrogen and oxygen atoms in total. The molecule has 1 amide bonds. The fourth-order valence-electron chi connectivity index (χ4n) is 3.36. The quantitative estimate of drug-likeness (QED) is 0.805. The van der Waals surface area contributed by atoms with E-state index in [1.165, 1.54) is 18.4 Å². The highest BCUT2D eigenvalue weighted by molar-refractivity contribution is 5.98. The van der Waals surface area contributed by atoms with Crippen molar-refractivity contribution >= 4 is 16.9 Å². The van der Waals surface area contributed by atoms with Crippen molar-refractivity contribution in [3.8, 4) is 11.5 Å². The van der Waals surface area contributed by atoms with Gasteiger partial charge in [0.1, 0.15) is 34.5 Å². The maximum atomic E-state index is 12.3. The van der Waals surface area contributed by atoms with Gasteiger partial charge in [0.15, 0.2) is 5.43 Å². The van der Waals surface area contributed by atoms with Crippen molar-refractivity contribution in [2.24, 2.45) is 0 Å². The molecule has 0 radical (unpaired) electrons. The number of amides is 1. The lowest BCUT2D eigenvalue weighted by Gasteiger charge is -2.34. The van der Waals surface area contributed by atoms with Crippen LogP contribution in [0.5, 0.6) is 11.5 Å². The van der Waals surface area contributed by atoms with Gasteiger partial charge < -0.3 is 19.2 Å². The number of carbonyl (C=O) groups excluding carboxylic acids is 1. The number of phenolic OH excluding ortho intramolecular Hbond substituents is 1. The summed E-state index contributed by atoms with van der Waals surface area (Å²) in [5.74, 6) is 0.405. The zero-order valence-electron chi connectivity index (χ0n) is 12.8. The highest BCUT2D eigenvalue weighted by Crippen LogP contribution is 2.46. The molecule has 1 N–H and O–H groups in total. The fraction of sp³-hybridized carbons (Fsp3) is 0.294. The molecule has 1 fully saturated rings. The number of hydrogen-bond acceptors (Lipinski definition) is 5. The number of aromatic hydroxyl groups is 1. The summed E-state index contributed by atoms with van der Waals surface area (Å²) in [5.41, 5.74) is 1.21. The van der Waals surface area contributed by atoms with Crippen LogP contribution in [-0.2, 0) is 4.79 Å². The third-order valence-corrected chi connectivity index (χ3v) is 4.49. The van der Waals surface area contributed by atoms with Crippen LogP contribution in [0.3, 0.4) is 0 Å². The van der Waals surface area contributed by atoms with Crippen LogP contribution in [0.2, 0.25) is 0 Å². The molecule has 0 spiro atoms. The molecule has 1 unspecified atom stereocenters. The van der Waals surface area contributed by atoms with Crippen molar-refractivity contribution < 1.29 is 19.1 Å². The summed E-state index contributed by atoms with van der Waals surface area (Å²) in [7, 11) is 1.74. The number of hydrogen-bond donors (Lipinski definition) is 1. The molecule has 118 valence electrons. The second kappa shape index (κ2) is 4.62. The number of likely N-dealkylation sites (N-methyl/N-ethyl adjacent to an activating group) is 1. The van der Waals surface area contributed by atoms with Gasteiger partial charge in [0.05, 0.1) is 5.57 Å². The number of benzene rings is 1. The van der Waals surface area contributed by atoms with Crippen molar-refractivity contribution in [1.29, 1.82) is 0 Å². The predicted octanol–water partition coefficient (Wildman–Crippen LogP) is 2.03. The first kappa shape index (κ1) is 13.9. The van der Waals surface area contributed by atoms with Gasteiger partial charge >= 0.3 is 0 Å². The van der Waals surface area contributed by atoms with Gasteiger partial charge in [-0.2, -0.15) is 0 Å². The first-order chi connectivity index (χ1) is 11.0. The average Bonchev–Trinajstić information content (AvgIpc) is 2.49. The molecule has 1 saturated heterocycles. The molecule has 2 aromatic rings. The topological polar surface area (TPSA) is 80.0 Å². The molecule has 4 rings (SSSR count). The van der Waals surface area contributed by atoms with Gasteiger partial charge in [-0.25, -0.2) is 0 Å². The van der Waals surface area contributed by atoms with E-state index in [4.69, 9.17) is 9.15 Å². The summed E-state index contributed by atoms with van der Waals surface area (Å²) in [4.78, 5) is 26.2. The van der Waals surface area contributed by atoms with Gasteiger partial charge in [0.2, 0.25) is 0 Å². The van der Waals surface area contributed by atoms with Crippen LogP contribution in [0.25, 0.3) is 11.0 Å². The summed E-state index contributed by atoms with van der Waals surface area (Å²) in [6.07, 6.45) is 2.14. The number of likely N-dealkylation sites (tertiary alicyclic amines) is 1. The summed E-state index contributed by atoms with van der Waals surface area (Å²) < 4.78 is 11.3. The first-order valence-corrected chi connectivity index (χ1v) is 7.40. The molecule has 0 aliphatic carbocycles. The summed E-state index contributed by atoms with van der Waals surface area (Å²) in [6, 6.07) is 2.76. The van der Waals surface area contributed by atoms with Crippen LogP contribution in [-0.4, -0.2) is 29.5 Å². The standard InChI is InChI=1S/C17H15NO5/c1-8-5-11(19)15-12(20)6-13-14(16(15)23-8)9-3-4-18(2)17(21)10(9)7-22-13/h5-7,9,20H,3-4H2,1-2H3. The highest BCUT2D eigenvalue weighted by Gasteiger charge is 2.37. The van der Waals surface area contributed by atoms with Crippen molar-refractivity contribution in [3.63, 3.8) is 0 Å². The minimum absolute atomic E-state index is 0.0943.